The molecule has 4 heteroatoms. The zero-order valence-electron chi connectivity index (χ0n) is 12.9. The van der Waals surface area contributed by atoms with E-state index in [0.29, 0.717) is 12.2 Å². The van der Waals surface area contributed by atoms with Crippen LogP contribution in [0.1, 0.15) is 34.1 Å². The van der Waals surface area contributed by atoms with Gasteiger partial charge in [-0.3, -0.25) is 14.6 Å². The number of benzene rings is 1. The molecule has 0 fully saturated rings. The van der Waals surface area contributed by atoms with Crippen LogP contribution in [0.3, 0.4) is 0 Å². The number of nitrogens with one attached hydrogen (secondary N) is 1. The Kier molecular flexibility index (Phi) is 4.70. The van der Waals surface area contributed by atoms with Crippen molar-refractivity contribution >= 4 is 5.91 Å². The number of aryl methyl sites for hydroxylation is 3. The molecule has 2 rings (SSSR count). The molecular weight excluding hydrogens is 264 g/mol. The first kappa shape index (κ1) is 15.2. The van der Waals surface area contributed by atoms with Crippen LogP contribution in [-0.4, -0.2) is 17.5 Å². The van der Waals surface area contributed by atoms with E-state index in [1.165, 1.54) is 0 Å². The van der Waals surface area contributed by atoms with Crippen molar-refractivity contribution in [2.24, 2.45) is 0 Å². The monoisotopic (exact) mass is 284 g/mol. The molecule has 0 aliphatic carbocycles. The number of rotatable bonds is 4. The van der Waals surface area contributed by atoms with Gasteiger partial charge in [-0.2, -0.15) is 0 Å². The highest BCUT2D eigenvalue weighted by atomic mass is 16.6. The Morgan fingerprint density at radius 2 is 1.95 bits per heavy atom. The van der Waals surface area contributed by atoms with Crippen LogP contribution in [0.2, 0.25) is 0 Å². The van der Waals surface area contributed by atoms with Gasteiger partial charge in [0.2, 0.25) is 0 Å². The van der Waals surface area contributed by atoms with E-state index in [4.69, 9.17) is 4.84 Å². The summed E-state index contributed by atoms with van der Waals surface area (Å²) >= 11 is 0. The van der Waals surface area contributed by atoms with Crippen molar-refractivity contribution in [3.05, 3.63) is 52.8 Å². The third kappa shape index (κ3) is 3.47. The first-order valence-electron chi connectivity index (χ1n) is 6.99. The molecule has 0 atom stereocenters. The zero-order valence-corrected chi connectivity index (χ0v) is 12.9. The fraction of sp³-hybridized carbons (Fsp3) is 0.294. The van der Waals surface area contributed by atoms with Gasteiger partial charge in [0.05, 0.1) is 6.61 Å². The molecule has 0 spiro atoms. The van der Waals surface area contributed by atoms with Crippen LogP contribution in [0, 0.1) is 20.8 Å². The second kappa shape index (κ2) is 6.50. The lowest BCUT2D eigenvalue weighted by Crippen LogP contribution is -2.24. The summed E-state index contributed by atoms with van der Waals surface area (Å²) < 4.78 is 0. The minimum Gasteiger partial charge on any atom is -0.274 e. The first-order valence-corrected chi connectivity index (χ1v) is 6.99. The van der Waals surface area contributed by atoms with E-state index in [-0.39, 0.29) is 5.91 Å². The Morgan fingerprint density at radius 3 is 2.67 bits per heavy atom. The zero-order chi connectivity index (χ0) is 15.4. The van der Waals surface area contributed by atoms with Crippen molar-refractivity contribution < 1.29 is 9.63 Å². The highest BCUT2D eigenvalue weighted by Gasteiger charge is 2.12. The molecule has 1 N–H and O–H groups in total. The summed E-state index contributed by atoms with van der Waals surface area (Å²) in [5.41, 5.74) is 8.11. The number of carbonyl (C=O) groups is 1. The predicted molar refractivity (Wildman–Crippen MR) is 83.0 cm³/mol. The quantitative estimate of drug-likeness (QED) is 0.876. The van der Waals surface area contributed by atoms with Crippen molar-refractivity contribution in [2.45, 2.75) is 27.7 Å². The maximum Gasteiger partial charge on any atom is 0.275 e. The van der Waals surface area contributed by atoms with Crippen LogP contribution in [0.25, 0.3) is 11.1 Å². The SMILES string of the molecule is CCONC(=O)c1cc(-c2cc(C)ncc2C)ccc1C. The molecule has 4 nitrogen and oxygen atoms in total. The fourth-order valence-corrected chi connectivity index (χ4v) is 2.17. The molecule has 2 aromatic rings. The summed E-state index contributed by atoms with van der Waals surface area (Å²) in [7, 11) is 0. The Labute approximate surface area is 125 Å². The van der Waals surface area contributed by atoms with Gasteiger partial charge in [-0.05, 0) is 62.1 Å². The number of hydrogen-bond donors (Lipinski definition) is 1. The maximum absolute atomic E-state index is 12.1. The largest absolute Gasteiger partial charge is 0.275 e. The number of hydroxylamine groups is 1. The lowest BCUT2D eigenvalue weighted by molar-refractivity contribution is 0.0364. The van der Waals surface area contributed by atoms with E-state index >= 15 is 0 Å². The Balaban J connectivity index is 2.43. The van der Waals surface area contributed by atoms with Crippen molar-refractivity contribution in [1.82, 2.24) is 10.5 Å². The highest BCUT2D eigenvalue weighted by Crippen LogP contribution is 2.25. The molecule has 0 saturated heterocycles. The number of amides is 1. The maximum atomic E-state index is 12.1. The molecular formula is C17H20N2O2. The average Bonchev–Trinajstić information content (AvgIpc) is 2.48. The van der Waals surface area contributed by atoms with Gasteiger partial charge in [0.15, 0.2) is 0 Å². The first-order chi connectivity index (χ1) is 10.0. The Hall–Kier alpha value is -2.20. The molecule has 0 saturated carbocycles. The standard InChI is InChI=1S/C17H20N2O2/c1-5-21-19-17(20)16-9-14(7-6-11(16)2)15-8-13(4)18-10-12(15)3/h6-10H,5H2,1-4H3,(H,19,20). The summed E-state index contributed by atoms with van der Waals surface area (Å²) in [5, 5.41) is 0. The van der Waals surface area contributed by atoms with E-state index in [2.05, 4.69) is 10.5 Å². The van der Waals surface area contributed by atoms with Gasteiger partial charge < -0.3 is 0 Å². The average molecular weight is 284 g/mol. The minimum atomic E-state index is -0.223. The van der Waals surface area contributed by atoms with E-state index in [0.717, 1.165) is 27.9 Å². The topological polar surface area (TPSA) is 51.2 Å². The van der Waals surface area contributed by atoms with Crippen molar-refractivity contribution in [1.29, 1.82) is 0 Å². The van der Waals surface area contributed by atoms with Gasteiger partial charge in [0.1, 0.15) is 0 Å². The van der Waals surface area contributed by atoms with Gasteiger partial charge in [-0.25, -0.2) is 5.48 Å². The molecule has 1 heterocycles. The molecule has 1 aromatic heterocycles. The van der Waals surface area contributed by atoms with Crippen LogP contribution < -0.4 is 5.48 Å². The van der Waals surface area contributed by atoms with Gasteiger partial charge in [0.25, 0.3) is 5.91 Å². The summed E-state index contributed by atoms with van der Waals surface area (Å²) in [4.78, 5) is 21.4. The Morgan fingerprint density at radius 1 is 1.19 bits per heavy atom. The number of pyridine rings is 1. The molecule has 21 heavy (non-hydrogen) atoms. The van der Waals surface area contributed by atoms with Crippen LogP contribution in [0.15, 0.2) is 30.5 Å². The lowest BCUT2D eigenvalue weighted by atomic mass is 9.97. The van der Waals surface area contributed by atoms with E-state index in [1.54, 1.807) is 0 Å². The number of carbonyl (C=O) groups excluding carboxylic acids is 1. The third-order valence-electron chi connectivity index (χ3n) is 3.34. The van der Waals surface area contributed by atoms with Crippen LogP contribution in [0.5, 0.6) is 0 Å². The van der Waals surface area contributed by atoms with Crippen LogP contribution in [-0.2, 0) is 4.84 Å². The highest BCUT2D eigenvalue weighted by molar-refractivity contribution is 5.96. The molecule has 110 valence electrons. The molecule has 1 amide bonds. The second-order valence-electron chi connectivity index (χ2n) is 5.03. The van der Waals surface area contributed by atoms with Crippen LogP contribution >= 0.6 is 0 Å². The molecule has 0 radical (unpaired) electrons. The smallest absolute Gasteiger partial charge is 0.274 e. The van der Waals surface area contributed by atoms with E-state index < -0.39 is 0 Å². The van der Waals surface area contributed by atoms with Crippen molar-refractivity contribution in [3.63, 3.8) is 0 Å². The van der Waals surface area contributed by atoms with Crippen molar-refractivity contribution in [2.75, 3.05) is 6.61 Å². The summed E-state index contributed by atoms with van der Waals surface area (Å²) in [5.74, 6) is -0.223. The summed E-state index contributed by atoms with van der Waals surface area (Å²) in [6.07, 6.45) is 1.85. The fourth-order valence-electron chi connectivity index (χ4n) is 2.17. The molecule has 0 unspecified atom stereocenters. The number of nitrogens with zero attached hydrogens (tertiary/aromatic N) is 1. The lowest BCUT2D eigenvalue weighted by Gasteiger charge is -2.11. The summed E-state index contributed by atoms with van der Waals surface area (Å²) in [6.45, 7) is 8.15. The normalized spacial score (nSPS) is 10.5. The molecule has 0 aliphatic heterocycles. The van der Waals surface area contributed by atoms with Gasteiger partial charge in [-0.1, -0.05) is 12.1 Å². The second-order valence-corrected chi connectivity index (χ2v) is 5.03. The van der Waals surface area contributed by atoms with Crippen LogP contribution in [0.4, 0.5) is 0 Å². The third-order valence-corrected chi connectivity index (χ3v) is 3.34. The van der Waals surface area contributed by atoms with Gasteiger partial charge >= 0.3 is 0 Å². The van der Waals surface area contributed by atoms with Gasteiger partial charge in [-0.15, -0.1) is 0 Å². The van der Waals surface area contributed by atoms with E-state index in [1.807, 2.05) is 58.2 Å². The Bertz CT molecular complexity index is 666. The van der Waals surface area contributed by atoms with E-state index in [9.17, 15) is 4.79 Å². The number of hydrogen-bond acceptors (Lipinski definition) is 3. The minimum absolute atomic E-state index is 0.223. The summed E-state index contributed by atoms with van der Waals surface area (Å²) in [6, 6.07) is 7.90. The predicted octanol–water partition coefficient (Wildman–Crippen LogP) is 3.36. The number of aromatic nitrogens is 1. The molecule has 0 aliphatic rings. The van der Waals surface area contributed by atoms with Crippen molar-refractivity contribution in [3.8, 4) is 11.1 Å². The molecule has 1 aromatic carbocycles. The molecule has 0 bridgehead atoms. The van der Waals surface area contributed by atoms with Gasteiger partial charge in [0, 0.05) is 17.5 Å².